The molecule has 8 heteroatoms. The van der Waals surface area contributed by atoms with Crippen LogP contribution in [0.4, 0.5) is 0 Å². The van der Waals surface area contributed by atoms with Gasteiger partial charge in [0.15, 0.2) is 0 Å². The molecule has 22 heavy (non-hydrogen) atoms. The Morgan fingerprint density at radius 3 is 2.86 bits per heavy atom. The largest absolute Gasteiger partial charge is 0.463 e. The molecule has 1 aliphatic heterocycles. The van der Waals surface area contributed by atoms with Crippen LogP contribution in [0.3, 0.4) is 0 Å². The van der Waals surface area contributed by atoms with Crippen LogP contribution in [0.1, 0.15) is 36.6 Å². The van der Waals surface area contributed by atoms with Gasteiger partial charge in [0.1, 0.15) is 10.7 Å². The van der Waals surface area contributed by atoms with Gasteiger partial charge in [0, 0.05) is 18.5 Å². The van der Waals surface area contributed by atoms with Gasteiger partial charge >= 0.3 is 5.97 Å². The number of ether oxygens (including phenoxy) is 1. The van der Waals surface area contributed by atoms with E-state index in [9.17, 15) is 13.2 Å². The number of piperidine rings is 1. The van der Waals surface area contributed by atoms with Gasteiger partial charge < -0.3 is 14.5 Å². The van der Waals surface area contributed by atoms with Crippen molar-refractivity contribution in [2.45, 2.75) is 37.6 Å². The van der Waals surface area contributed by atoms with E-state index in [2.05, 4.69) is 14.8 Å². The van der Waals surface area contributed by atoms with Gasteiger partial charge in [-0.1, -0.05) is 13.8 Å². The van der Waals surface area contributed by atoms with Crippen molar-refractivity contribution in [2.24, 2.45) is 5.92 Å². The number of furan rings is 1. The maximum atomic E-state index is 12.6. The summed E-state index contributed by atoms with van der Waals surface area (Å²) in [7, 11) is -2.51. The van der Waals surface area contributed by atoms with Crippen molar-refractivity contribution >= 4 is 16.0 Å². The van der Waals surface area contributed by atoms with Crippen LogP contribution >= 0.6 is 0 Å². The van der Waals surface area contributed by atoms with Gasteiger partial charge in [-0.15, -0.1) is 0 Å². The smallest absolute Gasteiger partial charge is 0.373 e. The van der Waals surface area contributed by atoms with Crippen molar-refractivity contribution in [3.8, 4) is 0 Å². The van der Waals surface area contributed by atoms with Gasteiger partial charge in [0.05, 0.1) is 7.11 Å². The fraction of sp³-hybridized carbons (Fsp3) is 0.643. The lowest BCUT2D eigenvalue weighted by Gasteiger charge is -2.29. The first-order chi connectivity index (χ1) is 10.4. The molecule has 7 nitrogen and oxygen atoms in total. The molecule has 0 radical (unpaired) electrons. The Hall–Kier alpha value is -1.38. The van der Waals surface area contributed by atoms with Crippen LogP contribution in [0, 0.1) is 5.92 Å². The molecule has 1 fully saturated rings. The summed E-state index contributed by atoms with van der Waals surface area (Å²) in [6, 6.07) is 1.10. The summed E-state index contributed by atoms with van der Waals surface area (Å²) in [4.78, 5) is 11.5. The highest BCUT2D eigenvalue weighted by molar-refractivity contribution is 7.89. The number of sulfonamides is 1. The number of carbonyl (C=O) groups excluding carboxylic acids is 1. The summed E-state index contributed by atoms with van der Waals surface area (Å²) in [6.07, 6.45) is 1.10. The molecule has 0 saturated carbocycles. The highest BCUT2D eigenvalue weighted by atomic mass is 32.2. The molecule has 1 saturated heterocycles. The molecular weight excluding hydrogens is 308 g/mol. The molecule has 2 unspecified atom stereocenters. The van der Waals surface area contributed by atoms with Crippen LogP contribution in [0.25, 0.3) is 0 Å². The molecular formula is C14H22N2O5S. The summed E-state index contributed by atoms with van der Waals surface area (Å²) < 4.78 is 37.8. The van der Waals surface area contributed by atoms with E-state index < -0.39 is 16.0 Å². The number of esters is 1. The lowest BCUT2D eigenvalue weighted by Crippen LogP contribution is -2.48. The van der Waals surface area contributed by atoms with Gasteiger partial charge in [-0.3, -0.25) is 0 Å². The second-order valence-electron chi connectivity index (χ2n) is 5.44. The molecule has 2 N–H and O–H groups in total. The second kappa shape index (κ2) is 6.80. The maximum absolute atomic E-state index is 12.6. The second-order valence-corrected chi connectivity index (χ2v) is 7.12. The highest BCUT2D eigenvalue weighted by Gasteiger charge is 2.30. The van der Waals surface area contributed by atoms with Crippen LogP contribution in [-0.2, 0) is 21.2 Å². The van der Waals surface area contributed by atoms with E-state index in [0.29, 0.717) is 6.42 Å². The quantitative estimate of drug-likeness (QED) is 0.779. The molecule has 1 aliphatic rings. The molecule has 0 aliphatic carbocycles. The lowest BCUT2D eigenvalue weighted by atomic mass is 9.97. The summed E-state index contributed by atoms with van der Waals surface area (Å²) in [5, 5.41) is 3.22. The van der Waals surface area contributed by atoms with Gasteiger partial charge in [0.2, 0.25) is 15.8 Å². The summed E-state index contributed by atoms with van der Waals surface area (Å²) in [6.45, 7) is 5.31. The third-order valence-electron chi connectivity index (χ3n) is 3.86. The first-order valence-electron chi connectivity index (χ1n) is 7.33. The molecule has 1 aromatic rings. The van der Waals surface area contributed by atoms with Crippen LogP contribution in [0.2, 0.25) is 0 Å². The SMILES string of the molecule is CCc1oc(C(=O)OC)cc1S(=O)(=O)NC1CCNCC1C. The predicted octanol–water partition coefficient (Wildman–Crippen LogP) is 0.905. The number of nitrogens with one attached hydrogen (secondary N) is 2. The van der Waals surface area contributed by atoms with E-state index in [-0.39, 0.29) is 28.4 Å². The van der Waals surface area contributed by atoms with Crippen LogP contribution < -0.4 is 10.0 Å². The molecule has 0 bridgehead atoms. The van der Waals surface area contributed by atoms with E-state index >= 15 is 0 Å². The van der Waals surface area contributed by atoms with Crippen LogP contribution in [0.5, 0.6) is 0 Å². The number of methoxy groups -OCH3 is 1. The minimum atomic E-state index is -3.74. The molecule has 2 atom stereocenters. The number of carbonyl (C=O) groups is 1. The first kappa shape index (κ1) is 17.0. The maximum Gasteiger partial charge on any atom is 0.373 e. The van der Waals surface area contributed by atoms with E-state index in [1.54, 1.807) is 6.92 Å². The highest BCUT2D eigenvalue weighted by Crippen LogP contribution is 2.23. The Balaban J connectivity index is 2.28. The van der Waals surface area contributed by atoms with Crippen molar-refractivity contribution in [2.75, 3.05) is 20.2 Å². The number of rotatable bonds is 5. The number of hydrogen-bond acceptors (Lipinski definition) is 6. The zero-order valence-corrected chi connectivity index (χ0v) is 13.8. The van der Waals surface area contributed by atoms with E-state index in [1.807, 2.05) is 6.92 Å². The standard InChI is InChI=1S/C14H22N2O5S/c1-4-11-13(7-12(21-11)14(17)20-3)22(18,19)16-10-5-6-15-8-9(10)2/h7,9-10,15-16H,4-6,8H2,1-3H3. The minimum Gasteiger partial charge on any atom is -0.463 e. The van der Waals surface area contributed by atoms with Crippen molar-refractivity contribution in [3.63, 3.8) is 0 Å². The number of hydrogen-bond donors (Lipinski definition) is 2. The zero-order valence-electron chi connectivity index (χ0n) is 13.0. The Morgan fingerprint density at radius 1 is 1.55 bits per heavy atom. The third-order valence-corrected chi connectivity index (χ3v) is 5.40. The number of aryl methyl sites for hydroxylation is 1. The van der Waals surface area contributed by atoms with Crippen molar-refractivity contribution in [3.05, 3.63) is 17.6 Å². The molecule has 1 aromatic heterocycles. The lowest BCUT2D eigenvalue weighted by molar-refractivity contribution is 0.0563. The Labute approximate surface area is 130 Å². The Kier molecular flexibility index (Phi) is 5.25. The summed E-state index contributed by atoms with van der Waals surface area (Å²) in [5.41, 5.74) is 0. The minimum absolute atomic E-state index is 0.0149. The van der Waals surface area contributed by atoms with Gasteiger partial charge in [-0.2, -0.15) is 0 Å². The predicted molar refractivity (Wildman–Crippen MR) is 80.2 cm³/mol. The Morgan fingerprint density at radius 2 is 2.27 bits per heavy atom. The summed E-state index contributed by atoms with van der Waals surface area (Å²) >= 11 is 0. The molecule has 2 rings (SSSR count). The zero-order chi connectivity index (χ0) is 16.3. The molecule has 0 aromatic carbocycles. The summed E-state index contributed by atoms with van der Waals surface area (Å²) in [5.74, 6) is -0.334. The van der Waals surface area contributed by atoms with Crippen molar-refractivity contribution < 1.29 is 22.4 Å². The average molecular weight is 330 g/mol. The van der Waals surface area contributed by atoms with E-state index in [4.69, 9.17) is 4.42 Å². The topological polar surface area (TPSA) is 97.6 Å². The fourth-order valence-corrected chi connectivity index (χ4v) is 4.16. The molecule has 0 amide bonds. The normalized spacial score (nSPS) is 22.5. The molecule has 0 spiro atoms. The fourth-order valence-electron chi connectivity index (χ4n) is 2.54. The van der Waals surface area contributed by atoms with Gasteiger partial charge in [-0.25, -0.2) is 17.9 Å². The molecule has 2 heterocycles. The van der Waals surface area contributed by atoms with Gasteiger partial charge in [0.25, 0.3) is 0 Å². The van der Waals surface area contributed by atoms with Crippen molar-refractivity contribution in [1.29, 1.82) is 0 Å². The third kappa shape index (κ3) is 3.50. The average Bonchev–Trinajstić information content (AvgIpc) is 2.94. The van der Waals surface area contributed by atoms with Gasteiger partial charge in [-0.05, 0) is 25.4 Å². The van der Waals surface area contributed by atoms with E-state index in [1.165, 1.54) is 13.2 Å². The van der Waals surface area contributed by atoms with E-state index in [0.717, 1.165) is 19.5 Å². The Bertz CT molecular complexity index is 638. The molecule has 124 valence electrons. The van der Waals surface area contributed by atoms with Crippen LogP contribution in [0.15, 0.2) is 15.4 Å². The monoisotopic (exact) mass is 330 g/mol. The van der Waals surface area contributed by atoms with Crippen molar-refractivity contribution in [1.82, 2.24) is 10.0 Å². The van der Waals surface area contributed by atoms with Crippen LogP contribution in [-0.4, -0.2) is 40.6 Å². The first-order valence-corrected chi connectivity index (χ1v) is 8.81.